The number of piperazine rings is 1. The van der Waals surface area contributed by atoms with Gasteiger partial charge in [0.15, 0.2) is 11.6 Å². The SMILES string of the molecule is COc1cc(-c2scnc2C)ccc1CNC(=O)[C@@H]1CCCN1C(=O)[C@H](c1cc(OCCOCCOCCOCCOCC#Cc2cccc(CN(C)C(=O)CCNc3nc(N4CCN(C(C)=O)CC4)c4cc(Cl)c(-c5cc(O)cc6ccccc56)c(F)c4n3)c2)no1)C(C)C. The molecule has 2 aliphatic rings. The number of halogens is 2. The lowest BCUT2D eigenvalue weighted by atomic mass is 9.91. The van der Waals surface area contributed by atoms with E-state index in [4.69, 9.17) is 49.5 Å². The zero-order valence-electron chi connectivity index (χ0n) is 54.8. The maximum absolute atomic E-state index is 17.1. The van der Waals surface area contributed by atoms with E-state index in [9.17, 15) is 24.3 Å². The van der Waals surface area contributed by atoms with E-state index in [0.717, 1.165) is 32.8 Å². The van der Waals surface area contributed by atoms with Gasteiger partial charge in [0.1, 0.15) is 48.0 Å². The molecule has 0 spiro atoms. The molecule has 8 aromatic rings. The van der Waals surface area contributed by atoms with Crippen LogP contribution in [-0.4, -0.2) is 182 Å². The van der Waals surface area contributed by atoms with Gasteiger partial charge < -0.3 is 68.3 Å². The van der Waals surface area contributed by atoms with Gasteiger partial charge >= 0.3 is 0 Å². The van der Waals surface area contributed by atoms with Crippen molar-refractivity contribution >= 4 is 80.0 Å². The highest BCUT2D eigenvalue weighted by Crippen LogP contribution is 2.43. The number of phenolic OH excluding ortho intramolecular Hbond substituents is 1. The Kier molecular flexibility index (Phi) is 24.5. The minimum Gasteiger partial charge on any atom is -0.508 e. The van der Waals surface area contributed by atoms with Crippen molar-refractivity contribution < 1.29 is 61.6 Å². The largest absolute Gasteiger partial charge is 0.508 e. The van der Waals surface area contributed by atoms with Crippen molar-refractivity contribution in [3.8, 4) is 50.8 Å². The molecule has 0 radical (unpaired) electrons. The number of rotatable bonds is 30. The van der Waals surface area contributed by atoms with Crippen molar-refractivity contribution in [2.24, 2.45) is 5.92 Å². The van der Waals surface area contributed by atoms with Crippen LogP contribution >= 0.6 is 22.9 Å². The first kappa shape index (κ1) is 69.9. The summed E-state index contributed by atoms with van der Waals surface area (Å²) in [6.45, 7) is 13.2. The summed E-state index contributed by atoms with van der Waals surface area (Å²) in [5, 5.41) is 22.8. The van der Waals surface area contributed by atoms with Gasteiger partial charge in [-0.05, 0) is 94.7 Å². The summed E-state index contributed by atoms with van der Waals surface area (Å²) in [5.74, 6) is 5.86. The van der Waals surface area contributed by atoms with Crippen molar-refractivity contribution in [2.45, 2.75) is 72.0 Å². The zero-order chi connectivity index (χ0) is 67.7. The number of hydrogen-bond acceptors (Lipinski definition) is 19. The summed E-state index contributed by atoms with van der Waals surface area (Å²) in [5.41, 5.74) is 6.76. The molecular weight excluding hydrogens is 1270 g/mol. The van der Waals surface area contributed by atoms with Crippen LogP contribution in [0.5, 0.6) is 17.4 Å². The van der Waals surface area contributed by atoms with Gasteiger partial charge in [-0.2, -0.15) is 4.98 Å². The molecule has 3 aromatic heterocycles. The van der Waals surface area contributed by atoms with Gasteiger partial charge in [0.05, 0.1) is 74.5 Å². The predicted molar refractivity (Wildman–Crippen MR) is 365 cm³/mol. The van der Waals surface area contributed by atoms with Gasteiger partial charge in [0.25, 0.3) is 5.88 Å². The van der Waals surface area contributed by atoms with Crippen molar-refractivity contribution in [3.05, 3.63) is 135 Å². The molecule has 4 amide bonds. The second kappa shape index (κ2) is 33.6. The number of nitrogens with zero attached hydrogens (tertiary/aromatic N) is 8. The Morgan fingerprint density at radius 2 is 1.62 bits per heavy atom. The number of aryl methyl sites for hydroxylation is 1. The molecule has 5 heterocycles. The van der Waals surface area contributed by atoms with Crippen LogP contribution in [0.25, 0.3) is 43.2 Å². The highest BCUT2D eigenvalue weighted by atomic mass is 35.5. The number of likely N-dealkylation sites (tertiary alicyclic amines) is 1. The standard InChI is InChI=1S/C71H80ClFN10O12S/c1-45(2)63(70(88)83-22-10-17-58(83)69(87)75-42-52-19-18-51(38-59(52)89-6)67-46(3)76-44-96-67)60-41-61(79-95-60)94-35-34-93-33-32-92-31-30-91-29-28-90-27-11-14-48-12-9-13-49(36-48)43-80(5)62(86)20-21-74-71-77-66-56(68(78-71)82-25-23-81(24-26-82)47(4)84)40-57(72)64(65(66)73)55-39-53(85)37-50-15-7-8-16-54(50)55/h7-9,12-13,15-16,18-19,36-41,44-45,58,63,85H,10,17,20-35,42-43H2,1-6H3,(H,75,87)(H,74,77,78)/t58-,63-/m0/s1. The second-order valence-electron chi connectivity index (χ2n) is 23.7. The molecule has 25 heteroatoms. The van der Waals surface area contributed by atoms with Crippen LogP contribution in [-0.2, 0) is 51.2 Å². The van der Waals surface area contributed by atoms with E-state index >= 15 is 4.39 Å². The third-order valence-electron chi connectivity index (χ3n) is 16.7. The number of ether oxygens (including phenoxy) is 6. The highest BCUT2D eigenvalue weighted by molar-refractivity contribution is 7.13. The van der Waals surface area contributed by atoms with Gasteiger partial charge in [0, 0.05) is 101 Å². The monoisotopic (exact) mass is 1350 g/mol. The highest BCUT2D eigenvalue weighted by Gasteiger charge is 2.40. The predicted octanol–water partition coefficient (Wildman–Crippen LogP) is 10.0. The van der Waals surface area contributed by atoms with Gasteiger partial charge in [-0.3, -0.25) is 19.2 Å². The molecular formula is C71H80ClFN10O12S. The van der Waals surface area contributed by atoms with Crippen LogP contribution in [0.1, 0.15) is 74.1 Å². The molecule has 96 heavy (non-hydrogen) atoms. The van der Waals surface area contributed by atoms with E-state index < -0.39 is 17.8 Å². The van der Waals surface area contributed by atoms with Crippen molar-refractivity contribution in [1.82, 2.24) is 40.1 Å². The fraction of sp³-hybridized carbons (Fsp3) is 0.408. The van der Waals surface area contributed by atoms with E-state index in [1.807, 2.05) is 97.9 Å². The maximum Gasteiger partial charge on any atom is 0.254 e. The topological polar surface area (TPSA) is 246 Å². The third-order valence-corrected chi connectivity index (χ3v) is 18.0. The van der Waals surface area contributed by atoms with Crippen LogP contribution in [0, 0.1) is 30.5 Å². The number of aromatic nitrogens is 4. The Morgan fingerprint density at radius 3 is 2.35 bits per heavy atom. The summed E-state index contributed by atoms with van der Waals surface area (Å²) in [6.07, 6.45) is 1.35. The van der Waals surface area contributed by atoms with Gasteiger partial charge in [0.2, 0.25) is 29.6 Å². The van der Waals surface area contributed by atoms with E-state index in [1.165, 1.54) is 13.0 Å². The molecule has 3 N–H and O–H groups in total. The summed E-state index contributed by atoms with van der Waals surface area (Å²) in [4.78, 5) is 75.3. The molecule has 5 aromatic carbocycles. The normalized spacial score (nSPS) is 14.3. The number of benzene rings is 5. The number of methoxy groups -OCH3 is 1. The molecule has 2 aliphatic heterocycles. The minimum absolute atomic E-state index is 0.0166. The number of thiazole rings is 1. The number of carbonyl (C=O) groups is 4. The summed E-state index contributed by atoms with van der Waals surface area (Å²) in [7, 11) is 3.33. The van der Waals surface area contributed by atoms with Gasteiger partial charge in [-0.25, -0.2) is 14.4 Å². The first-order valence-corrected chi connectivity index (χ1v) is 33.3. The molecule has 0 aliphatic carbocycles. The number of aromatic hydroxyl groups is 1. The van der Waals surface area contributed by atoms with Crippen LogP contribution in [0.15, 0.2) is 101 Å². The Hall–Kier alpha value is -8.96. The Balaban J connectivity index is 0.591. The van der Waals surface area contributed by atoms with E-state index in [0.29, 0.717) is 131 Å². The van der Waals surface area contributed by atoms with Crippen molar-refractivity contribution in [2.75, 3.05) is 123 Å². The van der Waals surface area contributed by atoms with Gasteiger partial charge in [-0.15, -0.1) is 11.3 Å². The van der Waals surface area contributed by atoms with Crippen molar-refractivity contribution in [1.29, 1.82) is 0 Å². The number of nitrogens with one attached hydrogen (secondary N) is 2. The first-order valence-electron chi connectivity index (χ1n) is 32.1. The molecule has 0 saturated carbocycles. The Morgan fingerprint density at radius 1 is 0.875 bits per heavy atom. The van der Waals surface area contributed by atoms with E-state index in [-0.39, 0.29) is 103 Å². The average molecular weight is 1350 g/mol. The average Bonchev–Trinajstić information content (AvgIpc) is 0.931. The summed E-state index contributed by atoms with van der Waals surface area (Å²) < 4.78 is 56.8. The summed E-state index contributed by atoms with van der Waals surface area (Å²) in [6, 6.07) is 26.6. The van der Waals surface area contributed by atoms with E-state index in [2.05, 4.69) is 37.6 Å². The molecule has 22 nitrogen and oxygen atoms in total. The van der Waals surface area contributed by atoms with Gasteiger partial charge in [-0.1, -0.05) is 85.8 Å². The lowest BCUT2D eigenvalue weighted by Gasteiger charge is -2.35. The zero-order valence-corrected chi connectivity index (χ0v) is 56.4. The maximum atomic E-state index is 17.1. The van der Waals surface area contributed by atoms with Crippen LogP contribution in [0.4, 0.5) is 16.2 Å². The number of amides is 4. The quantitative estimate of drug-likeness (QED) is 0.0280. The number of phenols is 1. The number of hydrogen-bond donors (Lipinski definition) is 3. The Bertz CT molecular complexity index is 4100. The van der Waals surface area contributed by atoms with Crippen LogP contribution in [0.2, 0.25) is 5.02 Å². The van der Waals surface area contributed by atoms with Crippen LogP contribution in [0.3, 0.4) is 0 Å². The minimum atomic E-state index is -0.684. The fourth-order valence-electron chi connectivity index (χ4n) is 11.8. The number of anilines is 2. The van der Waals surface area contributed by atoms with E-state index in [1.54, 1.807) is 58.4 Å². The molecule has 10 rings (SSSR count). The Labute approximate surface area is 566 Å². The van der Waals surface area contributed by atoms with Crippen LogP contribution < -0.4 is 25.0 Å². The third kappa shape index (κ3) is 17.7. The van der Waals surface area contributed by atoms with Crippen molar-refractivity contribution in [3.63, 3.8) is 0 Å². The molecule has 2 fully saturated rings. The number of carbonyl (C=O) groups excluding carboxylic acids is 4. The lowest BCUT2D eigenvalue weighted by Crippen LogP contribution is -2.48. The molecule has 2 saturated heterocycles. The smallest absolute Gasteiger partial charge is 0.254 e. The summed E-state index contributed by atoms with van der Waals surface area (Å²) >= 11 is 8.47. The first-order chi connectivity index (χ1) is 46.5. The molecule has 0 bridgehead atoms. The molecule has 506 valence electrons. The number of fused-ring (bicyclic) bond motifs is 2. The fourth-order valence-corrected chi connectivity index (χ4v) is 12.9. The lowest BCUT2D eigenvalue weighted by molar-refractivity contribution is -0.140. The molecule has 0 unspecified atom stereocenters. The molecule has 2 atom stereocenters. The second-order valence-corrected chi connectivity index (χ2v) is 24.9.